The van der Waals surface area contributed by atoms with E-state index in [1.807, 2.05) is 30.6 Å². The summed E-state index contributed by atoms with van der Waals surface area (Å²) in [6.45, 7) is 7.30. The molecule has 2 heterocycles. The molecule has 0 bridgehead atoms. The molecule has 4 heteroatoms. The largest absolute Gasteiger partial charge is 0.308 e. The van der Waals surface area contributed by atoms with Gasteiger partial charge in [0.1, 0.15) is 0 Å². The van der Waals surface area contributed by atoms with E-state index in [0.29, 0.717) is 0 Å². The van der Waals surface area contributed by atoms with Gasteiger partial charge in [-0.05, 0) is 44.5 Å². The molecule has 0 aliphatic carbocycles. The first kappa shape index (κ1) is 11.8. The average Bonchev–Trinajstić information content (AvgIpc) is 2.79. The maximum Gasteiger partial charge on any atom is 0.153 e. The molecule has 17 heavy (non-hydrogen) atoms. The minimum atomic E-state index is 0.120. The first-order chi connectivity index (χ1) is 8.04. The van der Waals surface area contributed by atoms with Gasteiger partial charge >= 0.3 is 0 Å². The second kappa shape index (κ2) is 4.67. The van der Waals surface area contributed by atoms with E-state index in [1.165, 1.54) is 5.56 Å². The molecule has 0 radical (unpaired) electrons. The van der Waals surface area contributed by atoms with Gasteiger partial charge in [-0.3, -0.25) is 0 Å². The van der Waals surface area contributed by atoms with Crippen LogP contribution in [-0.2, 0) is 6.54 Å². The fourth-order valence-electron chi connectivity index (χ4n) is 1.47. The van der Waals surface area contributed by atoms with Crippen molar-refractivity contribution in [2.75, 3.05) is 0 Å². The van der Waals surface area contributed by atoms with Gasteiger partial charge in [0.2, 0.25) is 0 Å². The maximum atomic E-state index is 4.30. The zero-order valence-electron chi connectivity index (χ0n) is 10.5. The zero-order valence-corrected chi connectivity index (χ0v) is 10.5. The third-order valence-corrected chi connectivity index (χ3v) is 2.37. The molecule has 0 unspecified atom stereocenters. The molecule has 0 aromatic carbocycles. The fourth-order valence-corrected chi connectivity index (χ4v) is 1.47. The molecule has 90 valence electrons. The SMILES string of the molecule is CC(C)(C)NCc1ccnc(-n2cccn2)c1. The molecule has 0 spiro atoms. The van der Waals surface area contributed by atoms with Gasteiger partial charge in [-0.25, -0.2) is 9.67 Å². The number of nitrogens with zero attached hydrogens (tertiary/aromatic N) is 3. The summed E-state index contributed by atoms with van der Waals surface area (Å²) in [4.78, 5) is 4.30. The van der Waals surface area contributed by atoms with E-state index in [1.54, 1.807) is 10.9 Å². The van der Waals surface area contributed by atoms with E-state index >= 15 is 0 Å². The smallest absolute Gasteiger partial charge is 0.153 e. The van der Waals surface area contributed by atoms with E-state index in [4.69, 9.17) is 0 Å². The Morgan fingerprint density at radius 3 is 2.76 bits per heavy atom. The Kier molecular flexibility index (Phi) is 3.24. The summed E-state index contributed by atoms with van der Waals surface area (Å²) in [7, 11) is 0. The third-order valence-electron chi connectivity index (χ3n) is 2.37. The Hall–Kier alpha value is -1.68. The number of hydrogen-bond acceptors (Lipinski definition) is 3. The second-order valence-corrected chi connectivity index (χ2v) is 5.08. The van der Waals surface area contributed by atoms with Crippen molar-refractivity contribution in [3.05, 3.63) is 42.4 Å². The highest BCUT2D eigenvalue weighted by Crippen LogP contribution is 2.08. The van der Waals surface area contributed by atoms with Crippen molar-refractivity contribution in [3.8, 4) is 5.82 Å². The van der Waals surface area contributed by atoms with Gasteiger partial charge < -0.3 is 5.32 Å². The lowest BCUT2D eigenvalue weighted by Gasteiger charge is -2.20. The Morgan fingerprint density at radius 1 is 1.29 bits per heavy atom. The minimum Gasteiger partial charge on any atom is -0.308 e. The first-order valence-corrected chi connectivity index (χ1v) is 5.74. The quantitative estimate of drug-likeness (QED) is 0.878. The van der Waals surface area contributed by atoms with Crippen molar-refractivity contribution in [2.45, 2.75) is 32.9 Å². The van der Waals surface area contributed by atoms with Crippen LogP contribution in [0.5, 0.6) is 0 Å². The average molecular weight is 230 g/mol. The molecular weight excluding hydrogens is 212 g/mol. The molecule has 0 amide bonds. The van der Waals surface area contributed by atoms with Gasteiger partial charge in [0.15, 0.2) is 5.82 Å². The molecule has 0 aliphatic rings. The summed E-state index contributed by atoms with van der Waals surface area (Å²) in [5.74, 6) is 0.850. The Bertz CT molecular complexity index is 468. The van der Waals surface area contributed by atoms with Crippen LogP contribution >= 0.6 is 0 Å². The van der Waals surface area contributed by atoms with E-state index in [2.05, 4.69) is 36.2 Å². The van der Waals surface area contributed by atoms with Gasteiger partial charge in [0, 0.05) is 30.7 Å². The molecular formula is C13H18N4. The van der Waals surface area contributed by atoms with Crippen molar-refractivity contribution < 1.29 is 0 Å². The molecule has 4 nitrogen and oxygen atoms in total. The van der Waals surface area contributed by atoms with Gasteiger partial charge in [-0.1, -0.05) is 0 Å². The second-order valence-electron chi connectivity index (χ2n) is 5.08. The molecule has 2 aromatic rings. The van der Waals surface area contributed by atoms with Crippen molar-refractivity contribution in [1.82, 2.24) is 20.1 Å². The molecule has 0 saturated heterocycles. The van der Waals surface area contributed by atoms with Crippen molar-refractivity contribution in [3.63, 3.8) is 0 Å². The highest BCUT2D eigenvalue weighted by molar-refractivity contribution is 5.26. The number of rotatable bonds is 3. The lowest BCUT2D eigenvalue weighted by Crippen LogP contribution is -2.35. The summed E-state index contributed by atoms with van der Waals surface area (Å²) in [5, 5.41) is 7.62. The van der Waals surface area contributed by atoms with Gasteiger partial charge in [-0.15, -0.1) is 0 Å². The van der Waals surface area contributed by atoms with Crippen LogP contribution in [0.2, 0.25) is 0 Å². The van der Waals surface area contributed by atoms with Gasteiger partial charge in [0.25, 0.3) is 0 Å². The van der Waals surface area contributed by atoms with Crippen LogP contribution < -0.4 is 5.32 Å². The van der Waals surface area contributed by atoms with Crippen LogP contribution in [-0.4, -0.2) is 20.3 Å². The van der Waals surface area contributed by atoms with Crippen LogP contribution in [0.1, 0.15) is 26.3 Å². The van der Waals surface area contributed by atoms with Crippen LogP contribution in [0.3, 0.4) is 0 Å². The summed E-state index contributed by atoms with van der Waals surface area (Å²) in [6.07, 6.45) is 5.46. The number of pyridine rings is 1. The lowest BCUT2D eigenvalue weighted by molar-refractivity contribution is 0.424. The monoisotopic (exact) mass is 230 g/mol. The van der Waals surface area contributed by atoms with Crippen molar-refractivity contribution in [1.29, 1.82) is 0 Å². The number of aromatic nitrogens is 3. The Morgan fingerprint density at radius 2 is 2.12 bits per heavy atom. The molecule has 0 aliphatic heterocycles. The Labute approximate surface area is 102 Å². The highest BCUT2D eigenvalue weighted by Gasteiger charge is 2.08. The molecule has 1 N–H and O–H groups in total. The van der Waals surface area contributed by atoms with E-state index in [9.17, 15) is 0 Å². The van der Waals surface area contributed by atoms with E-state index < -0.39 is 0 Å². The van der Waals surface area contributed by atoms with Crippen LogP contribution in [0.25, 0.3) is 5.82 Å². The van der Waals surface area contributed by atoms with E-state index in [0.717, 1.165) is 12.4 Å². The van der Waals surface area contributed by atoms with Crippen LogP contribution in [0, 0.1) is 0 Å². The summed E-state index contributed by atoms with van der Waals surface area (Å²) < 4.78 is 1.76. The van der Waals surface area contributed by atoms with Gasteiger partial charge in [0.05, 0.1) is 0 Å². The fraction of sp³-hybridized carbons (Fsp3) is 0.385. The molecule has 2 rings (SSSR count). The molecule has 0 atom stereocenters. The summed E-state index contributed by atoms with van der Waals surface area (Å²) in [6, 6.07) is 5.96. The normalized spacial score (nSPS) is 11.7. The van der Waals surface area contributed by atoms with Crippen LogP contribution in [0.4, 0.5) is 0 Å². The predicted molar refractivity (Wildman–Crippen MR) is 68.0 cm³/mol. The first-order valence-electron chi connectivity index (χ1n) is 5.74. The summed E-state index contributed by atoms with van der Waals surface area (Å²) in [5.41, 5.74) is 1.33. The molecule has 2 aromatic heterocycles. The van der Waals surface area contributed by atoms with Gasteiger partial charge in [-0.2, -0.15) is 5.10 Å². The zero-order chi connectivity index (χ0) is 12.3. The minimum absolute atomic E-state index is 0.120. The van der Waals surface area contributed by atoms with Crippen LogP contribution in [0.15, 0.2) is 36.8 Å². The van der Waals surface area contributed by atoms with Crippen molar-refractivity contribution >= 4 is 0 Å². The Balaban J connectivity index is 2.12. The molecule has 0 fully saturated rings. The number of hydrogen-bond donors (Lipinski definition) is 1. The third kappa shape index (κ3) is 3.39. The standard InChI is InChI=1S/C13H18N4/c1-13(2,3)15-10-11-5-7-14-12(9-11)17-8-4-6-16-17/h4-9,15H,10H2,1-3H3. The maximum absolute atomic E-state index is 4.30. The number of nitrogens with one attached hydrogen (secondary N) is 1. The lowest BCUT2D eigenvalue weighted by atomic mass is 10.1. The molecule has 0 saturated carbocycles. The summed E-state index contributed by atoms with van der Waals surface area (Å²) >= 11 is 0. The highest BCUT2D eigenvalue weighted by atomic mass is 15.3. The van der Waals surface area contributed by atoms with Crippen molar-refractivity contribution in [2.24, 2.45) is 0 Å². The van der Waals surface area contributed by atoms with E-state index in [-0.39, 0.29) is 5.54 Å². The predicted octanol–water partition coefficient (Wildman–Crippen LogP) is 2.16. The topological polar surface area (TPSA) is 42.7 Å².